The topological polar surface area (TPSA) is 51.0 Å². The molecular weight excluding hydrogens is 348 g/mol. The Bertz CT molecular complexity index is 1020. The highest BCUT2D eigenvalue weighted by Crippen LogP contribution is 2.29. The van der Waals surface area contributed by atoms with E-state index in [2.05, 4.69) is 45.8 Å². The lowest BCUT2D eigenvalue weighted by atomic mass is 9.99. The van der Waals surface area contributed by atoms with Gasteiger partial charge in [0.1, 0.15) is 0 Å². The first-order chi connectivity index (χ1) is 13.2. The van der Waals surface area contributed by atoms with E-state index in [1.165, 1.54) is 5.56 Å². The third-order valence-corrected chi connectivity index (χ3v) is 5.35. The van der Waals surface area contributed by atoms with Crippen LogP contribution in [-0.4, -0.2) is 38.7 Å². The first-order valence-electron chi connectivity index (χ1n) is 9.93. The van der Waals surface area contributed by atoms with Crippen LogP contribution in [0.15, 0.2) is 30.6 Å². The van der Waals surface area contributed by atoms with Gasteiger partial charge in [-0.2, -0.15) is 5.10 Å². The molecule has 2 heterocycles. The molecule has 28 heavy (non-hydrogen) atoms. The van der Waals surface area contributed by atoms with Crippen molar-refractivity contribution in [2.24, 2.45) is 0 Å². The minimum absolute atomic E-state index is 0.0464. The SMILES string of the molecule is CCN(CC)C(=O)c1cc(-c2cnn(C(C)(C)C)c2)nc2c(C)c(C)ccc12. The maximum atomic E-state index is 13.2. The van der Waals surface area contributed by atoms with Crippen molar-refractivity contribution in [2.45, 2.75) is 54.0 Å². The van der Waals surface area contributed by atoms with E-state index in [1.54, 1.807) is 0 Å². The normalized spacial score (nSPS) is 11.8. The van der Waals surface area contributed by atoms with Gasteiger partial charge in [0, 0.05) is 30.2 Å². The Morgan fingerprint density at radius 3 is 2.39 bits per heavy atom. The second kappa shape index (κ2) is 7.38. The van der Waals surface area contributed by atoms with E-state index in [4.69, 9.17) is 4.98 Å². The van der Waals surface area contributed by atoms with Gasteiger partial charge in [-0.1, -0.05) is 12.1 Å². The summed E-state index contributed by atoms with van der Waals surface area (Å²) in [7, 11) is 0. The number of benzene rings is 1. The van der Waals surface area contributed by atoms with E-state index in [1.807, 2.05) is 48.0 Å². The highest BCUT2D eigenvalue weighted by atomic mass is 16.2. The van der Waals surface area contributed by atoms with Crippen molar-refractivity contribution in [3.8, 4) is 11.3 Å². The molecule has 0 atom stereocenters. The molecule has 0 radical (unpaired) electrons. The fraction of sp³-hybridized carbons (Fsp3) is 0.435. The Morgan fingerprint density at radius 1 is 1.14 bits per heavy atom. The first-order valence-corrected chi connectivity index (χ1v) is 9.93. The summed E-state index contributed by atoms with van der Waals surface area (Å²) in [5.41, 5.74) is 5.46. The Labute approximate surface area is 167 Å². The van der Waals surface area contributed by atoms with Crippen molar-refractivity contribution in [3.63, 3.8) is 0 Å². The predicted molar refractivity (Wildman–Crippen MR) is 115 cm³/mol. The number of hydrogen-bond acceptors (Lipinski definition) is 3. The van der Waals surface area contributed by atoms with Crippen molar-refractivity contribution >= 4 is 16.8 Å². The highest BCUT2D eigenvalue weighted by molar-refractivity contribution is 6.08. The molecule has 3 aromatic rings. The largest absolute Gasteiger partial charge is 0.339 e. The predicted octanol–water partition coefficient (Wildman–Crippen LogP) is 4.95. The van der Waals surface area contributed by atoms with Gasteiger partial charge in [-0.05, 0) is 65.7 Å². The molecule has 5 nitrogen and oxygen atoms in total. The summed E-state index contributed by atoms with van der Waals surface area (Å²) >= 11 is 0. The number of pyridine rings is 1. The summed E-state index contributed by atoms with van der Waals surface area (Å²) in [5.74, 6) is 0.0464. The van der Waals surface area contributed by atoms with Gasteiger partial charge in [0.05, 0.1) is 28.5 Å². The van der Waals surface area contributed by atoms with Gasteiger partial charge in [-0.25, -0.2) is 4.98 Å². The van der Waals surface area contributed by atoms with E-state index >= 15 is 0 Å². The zero-order chi connectivity index (χ0) is 20.6. The summed E-state index contributed by atoms with van der Waals surface area (Å²) in [6.45, 7) is 15.9. The van der Waals surface area contributed by atoms with Crippen LogP contribution >= 0.6 is 0 Å². The average Bonchev–Trinajstić information content (AvgIpc) is 3.15. The summed E-state index contributed by atoms with van der Waals surface area (Å²) < 4.78 is 1.93. The molecule has 0 aliphatic carbocycles. The van der Waals surface area contributed by atoms with E-state index in [9.17, 15) is 4.79 Å². The van der Waals surface area contributed by atoms with Gasteiger partial charge in [0.25, 0.3) is 5.91 Å². The van der Waals surface area contributed by atoms with Crippen LogP contribution in [0.3, 0.4) is 0 Å². The molecule has 0 aliphatic rings. The second-order valence-corrected chi connectivity index (χ2v) is 8.28. The number of carbonyl (C=O) groups is 1. The highest BCUT2D eigenvalue weighted by Gasteiger charge is 2.21. The lowest BCUT2D eigenvalue weighted by molar-refractivity contribution is 0.0775. The smallest absolute Gasteiger partial charge is 0.254 e. The lowest BCUT2D eigenvalue weighted by Gasteiger charge is -2.21. The summed E-state index contributed by atoms with van der Waals surface area (Å²) in [4.78, 5) is 20.0. The third kappa shape index (κ3) is 3.53. The lowest BCUT2D eigenvalue weighted by Crippen LogP contribution is -2.30. The number of aromatic nitrogens is 3. The molecular formula is C23H30N4O. The van der Waals surface area contributed by atoms with Gasteiger partial charge in [-0.15, -0.1) is 0 Å². The average molecular weight is 379 g/mol. The maximum absolute atomic E-state index is 13.2. The minimum Gasteiger partial charge on any atom is -0.339 e. The molecule has 1 amide bonds. The molecule has 0 aliphatic heterocycles. The molecule has 0 bridgehead atoms. The third-order valence-electron chi connectivity index (χ3n) is 5.35. The van der Waals surface area contributed by atoms with Crippen LogP contribution in [0.1, 0.15) is 56.1 Å². The van der Waals surface area contributed by atoms with Crippen LogP contribution < -0.4 is 0 Å². The van der Waals surface area contributed by atoms with Crippen LogP contribution in [-0.2, 0) is 5.54 Å². The summed E-state index contributed by atoms with van der Waals surface area (Å²) in [6, 6.07) is 6.00. The molecule has 1 aromatic carbocycles. The number of amides is 1. The van der Waals surface area contributed by atoms with Crippen LogP contribution in [0.2, 0.25) is 0 Å². The van der Waals surface area contributed by atoms with Gasteiger partial charge in [-0.3, -0.25) is 9.48 Å². The van der Waals surface area contributed by atoms with Crippen molar-refractivity contribution < 1.29 is 4.79 Å². The standard InChI is InChI=1S/C23H30N4O/c1-8-26(9-2)22(28)19-12-20(17-13-24-27(14-17)23(5,6)7)25-21-16(4)15(3)10-11-18(19)21/h10-14H,8-9H2,1-7H3. The number of carbonyl (C=O) groups excluding carboxylic acids is 1. The Kier molecular flexibility index (Phi) is 5.28. The molecule has 0 fully saturated rings. The van der Waals surface area contributed by atoms with E-state index < -0.39 is 0 Å². The minimum atomic E-state index is -0.110. The molecule has 2 aromatic heterocycles. The molecule has 0 spiro atoms. The molecule has 5 heteroatoms. The molecule has 3 rings (SSSR count). The number of rotatable bonds is 4. The maximum Gasteiger partial charge on any atom is 0.254 e. The van der Waals surface area contributed by atoms with Gasteiger partial charge >= 0.3 is 0 Å². The zero-order valence-electron chi connectivity index (χ0n) is 18.0. The summed E-state index contributed by atoms with van der Waals surface area (Å²) in [6.07, 6.45) is 3.83. The fourth-order valence-corrected chi connectivity index (χ4v) is 3.36. The number of fused-ring (bicyclic) bond motifs is 1. The monoisotopic (exact) mass is 378 g/mol. The Hall–Kier alpha value is -2.69. The van der Waals surface area contributed by atoms with Crippen molar-refractivity contribution in [2.75, 3.05) is 13.1 Å². The van der Waals surface area contributed by atoms with Crippen molar-refractivity contribution in [1.29, 1.82) is 0 Å². The molecule has 0 saturated heterocycles. The van der Waals surface area contributed by atoms with Gasteiger partial charge in [0.15, 0.2) is 0 Å². The molecule has 0 unspecified atom stereocenters. The second-order valence-electron chi connectivity index (χ2n) is 8.28. The van der Waals surface area contributed by atoms with Crippen LogP contribution in [0.5, 0.6) is 0 Å². The molecule has 148 valence electrons. The Balaban J connectivity index is 2.26. The number of aryl methyl sites for hydroxylation is 2. The number of hydrogen-bond donors (Lipinski definition) is 0. The Morgan fingerprint density at radius 2 is 1.82 bits per heavy atom. The van der Waals surface area contributed by atoms with Crippen LogP contribution in [0, 0.1) is 13.8 Å². The molecule has 0 N–H and O–H groups in total. The van der Waals surface area contributed by atoms with Crippen LogP contribution in [0.25, 0.3) is 22.2 Å². The quantitative estimate of drug-likeness (QED) is 0.645. The van der Waals surface area contributed by atoms with Crippen LogP contribution in [0.4, 0.5) is 0 Å². The van der Waals surface area contributed by atoms with Crippen molar-refractivity contribution in [1.82, 2.24) is 19.7 Å². The van der Waals surface area contributed by atoms with Gasteiger partial charge < -0.3 is 4.90 Å². The van der Waals surface area contributed by atoms with E-state index in [0.29, 0.717) is 18.7 Å². The zero-order valence-corrected chi connectivity index (χ0v) is 18.0. The fourth-order valence-electron chi connectivity index (χ4n) is 3.36. The van der Waals surface area contributed by atoms with E-state index in [-0.39, 0.29) is 11.4 Å². The van der Waals surface area contributed by atoms with Crippen molar-refractivity contribution in [3.05, 3.63) is 47.3 Å². The summed E-state index contributed by atoms with van der Waals surface area (Å²) in [5, 5.41) is 5.42. The first kappa shape index (κ1) is 20.1. The van der Waals surface area contributed by atoms with E-state index in [0.717, 1.165) is 27.7 Å². The number of nitrogens with zero attached hydrogens (tertiary/aromatic N) is 4. The molecule has 0 saturated carbocycles. The van der Waals surface area contributed by atoms with Gasteiger partial charge in [0.2, 0.25) is 0 Å².